The molecular weight excluding hydrogens is 397 g/mol. The van der Waals surface area contributed by atoms with Crippen LogP contribution in [-0.2, 0) is 10.0 Å². The summed E-state index contributed by atoms with van der Waals surface area (Å²) in [5.41, 5.74) is 0.983. The maximum atomic E-state index is 13.7. The monoisotopic (exact) mass is 413 g/mol. The Morgan fingerprint density at radius 3 is 2.41 bits per heavy atom. The van der Waals surface area contributed by atoms with Gasteiger partial charge in [-0.05, 0) is 35.9 Å². The van der Waals surface area contributed by atoms with Crippen molar-refractivity contribution in [1.82, 2.24) is 19.2 Å². The second kappa shape index (κ2) is 7.75. The molecule has 1 aliphatic heterocycles. The third-order valence-electron chi connectivity index (χ3n) is 4.10. The molecule has 2 aromatic rings. The molecule has 0 unspecified atom stereocenters. The molecule has 1 saturated heterocycles. The number of rotatable bonds is 4. The first kappa shape index (κ1) is 19.5. The highest BCUT2D eigenvalue weighted by molar-refractivity contribution is 7.88. The van der Waals surface area contributed by atoms with Gasteiger partial charge in [-0.2, -0.15) is 9.29 Å². The topological polar surface area (TPSA) is 95.5 Å². The number of sulfonamides is 1. The van der Waals surface area contributed by atoms with Crippen LogP contribution in [-0.4, -0.2) is 65.9 Å². The molecule has 2 heterocycles. The molecule has 3 rings (SSSR count). The van der Waals surface area contributed by atoms with Gasteiger partial charge in [-0.3, -0.25) is 4.79 Å². The van der Waals surface area contributed by atoms with Crippen LogP contribution in [0.15, 0.2) is 30.5 Å². The largest absolute Gasteiger partial charge is 0.338 e. The highest BCUT2D eigenvalue weighted by Gasteiger charge is 2.26. The van der Waals surface area contributed by atoms with Crippen LogP contribution >= 0.6 is 11.6 Å². The first-order valence-electron chi connectivity index (χ1n) is 8.03. The van der Waals surface area contributed by atoms with Crippen molar-refractivity contribution >= 4 is 39.0 Å². The average Bonchev–Trinajstić information content (AvgIpc) is 2.64. The number of aromatic nitrogens is 2. The van der Waals surface area contributed by atoms with E-state index in [0.29, 0.717) is 24.3 Å². The summed E-state index contributed by atoms with van der Waals surface area (Å²) < 4.78 is 38.1. The van der Waals surface area contributed by atoms with Crippen molar-refractivity contribution < 1.29 is 17.6 Å². The lowest BCUT2D eigenvalue weighted by atomic mass is 10.1. The summed E-state index contributed by atoms with van der Waals surface area (Å²) >= 11 is 5.65. The van der Waals surface area contributed by atoms with Gasteiger partial charge >= 0.3 is 0 Å². The van der Waals surface area contributed by atoms with Crippen LogP contribution in [0.25, 0.3) is 0 Å². The number of hydrogen-bond acceptors (Lipinski definition) is 6. The van der Waals surface area contributed by atoms with Crippen LogP contribution in [0.2, 0.25) is 5.28 Å². The summed E-state index contributed by atoms with van der Waals surface area (Å²) in [6.07, 6.45) is 2.12. The lowest BCUT2D eigenvalue weighted by Crippen LogP contribution is -2.50. The fourth-order valence-corrected chi connectivity index (χ4v) is 3.63. The molecule has 0 saturated carbocycles. The quantitative estimate of drug-likeness (QED) is 0.767. The standard InChI is InChI=1S/C16H17ClFN5O3S/c1-27(25,26)23-8-6-22(7-9-23)15(24)11-2-4-12(5-3-11)20-14-13(18)10-19-16(17)21-14/h2-5,10H,6-9H2,1H3,(H,19,20,21). The first-order chi connectivity index (χ1) is 12.7. The van der Waals surface area contributed by atoms with Gasteiger partial charge < -0.3 is 10.2 Å². The van der Waals surface area contributed by atoms with Crippen LogP contribution in [0.1, 0.15) is 10.4 Å². The molecule has 27 heavy (non-hydrogen) atoms. The van der Waals surface area contributed by atoms with E-state index in [-0.39, 0.29) is 30.1 Å². The van der Waals surface area contributed by atoms with E-state index in [1.54, 1.807) is 29.2 Å². The molecule has 1 aromatic heterocycles. The minimum atomic E-state index is -3.24. The van der Waals surface area contributed by atoms with Gasteiger partial charge in [-0.25, -0.2) is 17.8 Å². The Balaban J connectivity index is 1.65. The molecule has 1 aromatic carbocycles. The summed E-state index contributed by atoms with van der Waals surface area (Å²) in [5, 5.41) is 2.69. The molecule has 1 aliphatic rings. The van der Waals surface area contributed by atoms with Crippen molar-refractivity contribution in [2.24, 2.45) is 0 Å². The number of hydrogen-bond donors (Lipinski definition) is 1. The van der Waals surface area contributed by atoms with Crippen molar-refractivity contribution in [2.45, 2.75) is 0 Å². The number of halogens is 2. The van der Waals surface area contributed by atoms with Crippen LogP contribution in [0.3, 0.4) is 0 Å². The fraction of sp³-hybridized carbons (Fsp3) is 0.312. The second-order valence-corrected chi connectivity index (χ2v) is 8.31. The number of nitrogens with zero attached hydrogens (tertiary/aromatic N) is 4. The summed E-state index contributed by atoms with van der Waals surface area (Å²) in [6.45, 7) is 1.21. The zero-order chi connectivity index (χ0) is 19.6. The average molecular weight is 414 g/mol. The zero-order valence-electron chi connectivity index (χ0n) is 14.4. The van der Waals surface area contributed by atoms with Gasteiger partial charge in [0.05, 0.1) is 12.5 Å². The van der Waals surface area contributed by atoms with Crippen LogP contribution < -0.4 is 5.32 Å². The molecule has 0 atom stereocenters. The van der Waals surface area contributed by atoms with Crippen molar-refractivity contribution in [1.29, 1.82) is 0 Å². The summed E-state index contributed by atoms with van der Waals surface area (Å²) in [6, 6.07) is 6.45. The number of nitrogens with one attached hydrogen (secondary N) is 1. The highest BCUT2D eigenvalue weighted by Crippen LogP contribution is 2.20. The number of carbonyl (C=O) groups excluding carboxylic acids is 1. The Morgan fingerprint density at radius 1 is 1.19 bits per heavy atom. The fourth-order valence-electron chi connectivity index (χ4n) is 2.67. The Bertz CT molecular complexity index is 947. The smallest absolute Gasteiger partial charge is 0.253 e. The van der Waals surface area contributed by atoms with Gasteiger partial charge in [-0.1, -0.05) is 0 Å². The Labute approximate surface area is 161 Å². The van der Waals surface area contributed by atoms with E-state index in [2.05, 4.69) is 15.3 Å². The summed E-state index contributed by atoms with van der Waals surface area (Å²) in [5.74, 6) is -0.903. The maximum absolute atomic E-state index is 13.7. The van der Waals surface area contributed by atoms with Crippen LogP contribution in [0.5, 0.6) is 0 Å². The molecule has 1 amide bonds. The van der Waals surface area contributed by atoms with Gasteiger partial charge in [0.25, 0.3) is 5.91 Å². The van der Waals surface area contributed by atoms with Crippen molar-refractivity contribution in [3.05, 3.63) is 47.1 Å². The predicted molar refractivity (Wildman–Crippen MR) is 99.0 cm³/mol. The highest BCUT2D eigenvalue weighted by atomic mass is 35.5. The summed E-state index contributed by atoms with van der Waals surface area (Å²) in [7, 11) is -3.24. The Morgan fingerprint density at radius 2 is 1.81 bits per heavy atom. The first-order valence-corrected chi connectivity index (χ1v) is 10.3. The number of anilines is 2. The molecule has 11 heteroatoms. The van der Waals surface area contributed by atoms with Gasteiger partial charge in [0.15, 0.2) is 11.6 Å². The van der Waals surface area contributed by atoms with E-state index < -0.39 is 15.8 Å². The van der Waals surface area contributed by atoms with E-state index in [0.717, 1.165) is 12.5 Å². The number of amides is 1. The van der Waals surface area contributed by atoms with Crippen LogP contribution in [0.4, 0.5) is 15.9 Å². The summed E-state index contributed by atoms with van der Waals surface area (Å²) in [4.78, 5) is 21.5. The molecular formula is C16H17ClFN5O3S. The molecule has 8 nitrogen and oxygen atoms in total. The third-order valence-corrected chi connectivity index (χ3v) is 5.59. The SMILES string of the molecule is CS(=O)(=O)N1CCN(C(=O)c2ccc(Nc3nc(Cl)ncc3F)cc2)CC1. The van der Waals surface area contributed by atoms with Crippen molar-refractivity contribution in [2.75, 3.05) is 37.8 Å². The Hall–Kier alpha value is -2.30. The maximum Gasteiger partial charge on any atom is 0.253 e. The van der Waals surface area contributed by atoms with Gasteiger partial charge in [0.2, 0.25) is 15.3 Å². The molecule has 0 bridgehead atoms. The normalized spacial score (nSPS) is 15.6. The lowest BCUT2D eigenvalue weighted by molar-refractivity contribution is 0.0698. The van der Waals surface area contributed by atoms with Gasteiger partial charge in [0.1, 0.15) is 0 Å². The van der Waals surface area contributed by atoms with E-state index in [4.69, 9.17) is 11.6 Å². The molecule has 0 spiro atoms. The lowest BCUT2D eigenvalue weighted by Gasteiger charge is -2.33. The zero-order valence-corrected chi connectivity index (χ0v) is 16.0. The molecule has 0 radical (unpaired) electrons. The number of piperazine rings is 1. The molecule has 144 valence electrons. The van der Waals surface area contributed by atoms with E-state index in [1.165, 1.54) is 4.31 Å². The van der Waals surface area contributed by atoms with Crippen LogP contribution in [0, 0.1) is 5.82 Å². The molecule has 1 N–H and O–H groups in total. The number of carbonyl (C=O) groups is 1. The van der Waals surface area contributed by atoms with Gasteiger partial charge in [0, 0.05) is 37.4 Å². The third kappa shape index (κ3) is 4.71. The second-order valence-electron chi connectivity index (χ2n) is 5.99. The minimum Gasteiger partial charge on any atom is -0.338 e. The van der Waals surface area contributed by atoms with E-state index in [1.807, 2.05) is 0 Å². The number of benzene rings is 1. The van der Waals surface area contributed by atoms with E-state index in [9.17, 15) is 17.6 Å². The van der Waals surface area contributed by atoms with Gasteiger partial charge in [-0.15, -0.1) is 0 Å². The minimum absolute atomic E-state index is 0.0639. The predicted octanol–water partition coefficient (Wildman–Crippen LogP) is 1.73. The molecule has 1 fully saturated rings. The van der Waals surface area contributed by atoms with E-state index >= 15 is 0 Å². The van der Waals surface area contributed by atoms with Crippen molar-refractivity contribution in [3.63, 3.8) is 0 Å². The molecule has 0 aliphatic carbocycles. The Kier molecular flexibility index (Phi) is 5.59. The van der Waals surface area contributed by atoms with Crippen molar-refractivity contribution in [3.8, 4) is 0 Å².